The van der Waals surface area contributed by atoms with Crippen molar-refractivity contribution in [2.24, 2.45) is 9.98 Å². The molecule has 2 aromatic rings. The van der Waals surface area contributed by atoms with E-state index in [4.69, 9.17) is 14.2 Å². The molecule has 11 nitrogen and oxygen atoms in total. The van der Waals surface area contributed by atoms with Crippen molar-refractivity contribution in [3.63, 3.8) is 0 Å². The second-order valence-electron chi connectivity index (χ2n) is 11.5. The first-order chi connectivity index (χ1) is 20.3. The maximum Gasteiger partial charge on any atom is 0.412 e. The molecule has 0 saturated carbocycles. The molecule has 232 valence electrons. The van der Waals surface area contributed by atoms with Crippen LogP contribution in [-0.2, 0) is 23.8 Å². The Morgan fingerprint density at radius 2 is 1.21 bits per heavy atom. The lowest BCUT2D eigenvalue weighted by molar-refractivity contribution is -0.0291. The zero-order valence-electron chi connectivity index (χ0n) is 25.9. The van der Waals surface area contributed by atoms with Crippen molar-refractivity contribution in [3.8, 4) is 0 Å². The number of isocyanates is 2. The predicted molar refractivity (Wildman–Crippen MR) is 165 cm³/mol. The van der Waals surface area contributed by atoms with Gasteiger partial charge in [0.05, 0.1) is 23.6 Å². The Kier molecular flexibility index (Phi) is 13.8. The highest BCUT2D eigenvalue weighted by molar-refractivity contribution is 5.86. The Morgan fingerprint density at radius 1 is 0.721 bits per heavy atom. The average molecular weight is 595 g/mol. The van der Waals surface area contributed by atoms with Gasteiger partial charge >= 0.3 is 12.2 Å². The van der Waals surface area contributed by atoms with Crippen LogP contribution in [0.25, 0.3) is 0 Å². The van der Waals surface area contributed by atoms with Crippen molar-refractivity contribution in [2.45, 2.75) is 91.3 Å². The molecule has 0 spiro atoms. The van der Waals surface area contributed by atoms with Crippen molar-refractivity contribution in [2.75, 3.05) is 23.8 Å². The van der Waals surface area contributed by atoms with Crippen LogP contribution in [0, 0.1) is 13.8 Å². The van der Waals surface area contributed by atoms with E-state index < -0.39 is 17.8 Å². The molecular formula is C32H42N4O7. The van der Waals surface area contributed by atoms with Crippen molar-refractivity contribution in [1.29, 1.82) is 0 Å². The van der Waals surface area contributed by atoms with Gasteiger partial charge in [0.15, 0.2) is 0 Å². The second kappa shape index (κ2) is 17.0. The number of benzene rings is 2. The average Bonchev–Trinajstić information content (AvgIpc) is 2.92. The first kappa shape index (κ1) is 34.9. The topological polar surface area (TPSA) is 145 Å². The summed E-state index contributed by atoms with van der Waals surface area (Å²) in [6, 6.07) is 10.1. The zero-order valence-corrected chi connectivity index (χ0v) is 25.9. The minimum absolute atomic E-state index is 0.271. The highest BCUT2D eigenvalue weighted by Gasteiger charge is 2.23. The lowest BCUT2D eigenvalue weighted by Crippen LogP contribution is -2.31. The summed E-state index contributed by atoms with van der Waals surface area (Å²) in [5.74, 6) is 0. The van der Waals surface area contributed by atoms with Crippen LogP contribution in [0.1, 0.15) is 77.3 Å². The zero-order chi connectivity index (χ0) is 31.9. The maximum absolute atomic E-state index is 12.4. The van der Waals surface area contributed by atoms with Crippen LogP contribution in [-0.4, -0.2) is 48.8 Å². The molecule has 0 fully saturated rings. The summed E-state index contributed by atoms with van der Waals surface area (Å²) < 4.78 is 16.9. The Hall–Kier alpha value is -4.30. The van der Waals surface area contributed by atoms with Crippen molar-refractivity contribution >= 4 is 47.1 Å². The summed E-state index contributed by atoms with van der Waals surface area (Å²) in [5, 5.41) is 5.31. The highest BCUT2D eigenvalue weighted by atomic mass is 16.6. The number of ether oxygens (including phenoxy) is 3. The van der Waals surface area contributed by atoms with Gasteiger partial charge in [-0.2, -0.15) is 9.98 Å². The molecule has 43 heavy (non-hydrogen) atoms. The molecule has 0 aliphatic heterocycles. The van der Waals surface area contributed by atoms with Crippen LogP contribution in [0.4, 0.5) is 32.3 Å². The fraction of sp³-hybridized carbons (Fsp3) is 0.500. The Balaban J connectivity index is 1.61. The molecule has 0 unspecified atom stereocenters. The number of carbonyl (C=O) groups excluding carboxylic acids is 4. The number of aliphatic imine (C=N–C) groups is 2. The number of hydrogen-bond acceptors (Lipinski definition) is 9. The summed E-state index contributed by atoms with van der Waals surface area (Å²) >= 11 is 0. The van der Waals surface area contributed by atoms with Gasteiger partial charge < -0.3 is 14.2 Å². The minimum atomic E-state index is -0.675. The van der Waals surface area contributed by atoms with E-state index in [-0.39, 0.29) is 12.2 Å². The number of rotatable bonds is 16. The van der Waals surface area contributed by atoms with Gasteiger partial charge in [-0.3, -0.25) is 10.6 Å². The van der Waals surface area contributed by atoms with Gasteiger partial charge in [0.25, 0.3) is 0 Å². The number of amides is 2. The molecule has 0 atom stereocenters. The number of nitrogens with one attached hydrogen (secondary N) is 2. The number of nitrogens with zero attached hydrogens (tertiary/aromatic N) is 2. The van der Waals surface area contributed by atoms with Crippen LogP contribution in [0.2, 0.25) is 0 Å². The van der Waals surface area contributed by atoms with Crippen molar-refractivity contribution < 1.29 is 33.4 Å². The third kappa shape index (κ3) is 13.5. The molecule has 0 bridgehead atoms. The minimum Gasteiger partial charge on any atom is -0.449 e. The molecule has 2 N–H and O–H groups in total. The fourth-order valence-electron chi connectivity index (χ4n) is 4.20. The molecule has 0 aromatic heterocycles. The van der Waals surface area contributed by atoms with Gasteiger partial charge in [0.2, 0.25) is 12.2 Å². The van der Waals surface area contributed by atoms with E-state index in [1.165, 1.54) is 12.2 Å². The van der Waals surface area contributed by atoms with Gasteiger partial charge in [0, 0.05) is 18.0 Å². The van der Waals surface area contributed by atoms with E-state index in [0.29, 0.717) is 42.2 Å². The third-order valence-corrected chi connectivity index (χ3v) is 6.68. The van der Waals surface area contributed by atoms with Gasteiger partial charge in [-0.25, -0.2) is 19.2 Å². The summed E-state index contributed by atoms with van der Waals surface area (Å²) in [6.07, 6.45) is 6.46. The largest absolute Gasteiger partial charge is 0.449 e. The molecule has 0 saturated heterocycles. The van der Waals surface area contributed by atoms with Gasteiger partial charge in [-0.1, -0.05) is 12.1 Å². The smallest absolute Gasteiger partial charge is 0.412 e. The second-order valence-corrected chi connectivity index (χ2v) is 11.5. The van der Waals surface area contributed by atoms with Crippen LogP contribution in [0.3, 0.4) is 0 Å². The van der Waals surface area contributed by atoms with Crippen molar-refractivity contribution in [3.05, 3.63) is 47.5 Å². The monoisotopic (exact) mass is 594 g/mol. The van der Waals surface area contributed by atoms with E-state index in [1.807, 2.05) is 41.5 Å². The normalized spacial score (nSPS) is 11.1. The van der Waals surface area contributed by atoms with Crippen LogP contribution < -0.4 is 10.6 Å². The number of aryl methyl sites for hydroxylation is 2. The summed E-state index contributed by atoms with van der Waals surface area (Å²) in [4.78, 5) is 52.8. The Morgan fingerprint density at radius 3 is 1.74 bits per heavy atom. The third-order valence-electron chi connectivity index (χ3n) is 6.68. The molecule has 0 aliphatic carbocycles. The first-order valence-electron chi connectivity index (χ1n) is 14.3. The van der Waals surface area contributed by atoms with E-state index >= 15 is 0 Å². The van der Waals surface area contributed by atoms with E-state index in [9.17, 15) is 19.2 Å². The lowest BCUT2D eigenvalue weighted by atomic mass is 10.00. The summed E-state index contributed by atoms with van der Waals surface area (Å²) in [7, 11) is 0. The standard InChI is InChI=1S/C32H42N4O7/c1-23-11-13-25(19-27(23)33-21-37)35-29(39)41-17-9-7-15-31(3,4)42-18-10-8-16-32(5,6)43-30(40)36-26-14-12-24(2)28(20-26)34-22-38/h11-14,19-20H,7-10,15-18H2,1-6H3,(H,35,39)(H,36,40). The van der Waals surface area contributed by atoms with Gasteiger partial charge in [-0.05, 0) is 115 Å². The number of anilines is 2. The van der Waals surface area contributed by atoms with E-state index in [0.717, 1.165) is 36.8 Å². The van der Waals surface area contributed by atoms with E-state index in [2.05, 4.69) is 20.6 Å². The van der Waals surface area contributed by atoms with Crippen LogP contribution in [0.15, 0.2) is 46.4 Å². The maximum atomic E-state index is 12.4. The van der Waals surface area contributed by atoms with Crippen LogP contribution >= 0.6 is 0 Å². The fourth-order valence-corrected chi connectivity index (χ4v) is 4.20. The lowest BCUT2D eigenvalue weighted by Gasteiger charge is -2.27. The quantitative estimate of drug-likeness (QED) is 0.114. The molecule has 11 heteroatoms. The van der Waals surface area contributed by atoms with E-state index in [1.54, 1.807) is 36.4 Å². The first-order valence-corrected chi connectivity index (χ1v) is 14.3. The molecular weight excluding hydrogens is 552 g/mol. The highest BCUT2D eigenvalue weighted by Crippen LogP contribution is 2.25. The predicted octanol–water partition coefficient (Wildman–Crippen LogP) is 7.95. The van der Waals surface area contributed by atoms with Crippen LogP contribution in [0.5, 0.6) is 0 Å². The number of hydrogen-bond donors (Lipinski definition) is 2. The van der Waals surface area contributed by atoms with Gasteiger partial charge in [0.1, 0.15) is 5.60 Å². The Bertz CT molecular complexity index is 1340. The SMILES string of the molecule is Cc1ccc(NC(=O)OCCCCC(C)(C)OCCCCC(C)(C)OC(=O)Nc2ccc(C)c(N=C=O)c2)cc1N=C=O. The number of unbranched alkanes of at least 4 members (excludes halogenated alkanes) is 2. The number of carbonyl (C=O) groups is 2. The summed E-state index contributed by atoms with van der Waals surface area (Å²) in [6.45, 7) is 12.2. The molecule has 0 heterocycles. The summed E-state index contributed by atoms with van der Waals surface area (Å²) in [5.41, 5.74) is 2.44. The van der Waals surface area contributed by atoms with Gasteiger partial charge in [-0.15, -0.1) is 0 Å². The molecule has 2 aromatic carbocycles. The Labute approximate surface area is 253 Å². The van der Waals surface area contributed by atoms with Crippen molar-refractivity contribution in [1.82, 2.24) is 0 Å². The molecule has 2 amide bonds. The molecule has 0 aliphatic rings. The molecule has 0 radical (unpaired) electrons. The molecule has 2 rings (SSSR count).